The highest BCUT2D eigenvalue weighted by Gasteiger charge is 2.32. The maximum absolute atomic E-state index is 12.8. The van der Waals surface area contributed by atoms with Crippen LogP contribution in [0.1, 0.15) is 23.1 Å². The van der Waals surface area contributed by atoms with Gasteiger partial charge in [-0.15, -0.1) is 0 Å². The lowest BCUT2D eigenvalue weighted by atomic mass is 10.2. The highest BCUT2D eigenvalue weighted by atomic mass is 19.4. The SMILES string of the molecule is C[C@H](Nc1cc(C(N)=O)nc(-c2ccc(Oc3cccc(C(F)(F)F)n3)cc2)n1)C(N)=O. The summed E-state index contributed by atoms with van der Waals surface area (Å²) in [5.41, 5.74) is 9.82. The van der Waals surface area contributed by atoms with Gasteiger partial charge in [0.1, 0.15) is 29.0 Å². The maximum Gasteiger partial charge on any atom is 0.433 e. The van der Waals surface area contributed by atoms with Crippen molar-refractivity contribution < 1.29 is 27.5 Å². The second-order valence-electron chi connectivity index (χ2n) is 6.58. The summed E-state index contributed by atoms with van der Waals surface area (Å²) in [5.74, 6) is -1.18. The van der Waals surface area contributed by atoms with Crippen LogP contribution < -0.4 is 21.5 Å². The molecule has 2 amide bonds. The zero-order chi connectivity index (χ0) is 23.5. The highest BCUT2D eigenvalue weighted by Crippen LogP contribution is 2.30. The summed E-state index contributed by atoms with van der Waals surface area (Å²) in [4.78, 5) is 34.7. The molecule has 3 rings (SSSR count). The van der Waals surface area contributed by atoms with Gasteiger partial charge in [0.2, 0.25) is 11.8 Å². The number of carbonyl (C=O) groups excluding carboxylic acids is 2. The third-order valence-corrected chi connectivity index (χ3v) is 4.12. The molecule has 2 aromatic heterocycles. The lowest BCUT2D eigenvalue weighted by Crippen LogP contribution is -2.33. The Balaban J connectivity index is 1.86. The number of halogens is 3. The van der Waals surface area contributed by atoms with Crippen LogP contribution in [0.25, 0.3) is 11.4 Å². The number of nitrogens with two attached hydrogens (primary N) is 2. The van der Waals surface area contributed by atoms with E-state index in [2.05, 4.69) is 20.3 Å². The number of pyridine rings is 1. The molecule has 0 aliphatic heterocycles. The quantitative estimate of drug-likeness (QED) is 0.506. The van der Waals surface area contributed by atoms with E-state index in [9.17, 15) is 22.8 Å². The van der Waals surface area contributed by atoms with E-state index in [1.807, 2.05) is 0 Å². The first-order chi connectivity index (χ1) is 15.0. The Hall–Kier alpha value is -4.22. The molecule has 166 valence electrons. The zero-order valence-corrected chi connectivity index (χ0v) is 16.6. The van der Waals surface area contributed by atoms with Gasteiger partial charge in [-0.25, -0.2) is 15.0 Å². The van der Waals surface area contributed by atoms with E-state index >= 15 is 0 Å². The van der Waals surface area contributed by atoms with Crippen LogP contribution in [0.3, 0.4) is 0 Å². The summed E-state index contributed by atoms with van der Waals surface area (Å²) in [6.45, 7) is 1.52. The molecule has 0 saturated heterocycles. The minimum absolute atomic E-state index is 0.0948. The second-order valence-corrected chi connectivity index (χ2v) is 6.58. The molecule has 0 fully saturated rings. The number of rotatable bonds is 7. The monoisotopic (exact) mass is 446 g/mol. The number of benzene rings is 1. The van der Waals surface area contributed by atoms with Crippen molar-refractivity contribution in [1.29, 1.82) is 0 Å². The van der Waals surface area contributed by atoms with Gasteiger partial charge < -0.3 is 21.5 Å². The fourth-order valence-electron chi connectivity index (χ4n) is 2.49. The second kappa shape index (κ2) is 8.88. The number of primary amides is 2. The molecule has 1 atom stereocenters. The van der Waals surface area contributed by atoms with Crippen molar-refractivity contribution in [2.24, 2.45) is 11.5 Å². The lowest BCUT2D eigenvalue weighted by Gasteiger charge is -2.13. The first kappa shape index (κ1) is 22.5. The number of ether oxygens (including phenoxy) is 1. The van der Waals surface area contributed by atoms with E-state index in [0.717, 1.165) is 6.07 Å². The highest BCUT2D eigenvalue weighted by molar-refractivity contribution is 5.92. The molecule has 0 unspecified atom stereocenters. The number of carbonyl (C=O) groups is 2. The van der Waals surface area contributed by atoms with Crippen LogP contribution in [0.4, 0.5) is 19.0 Å². The fourth-order valence-corrected chi connectivity index (χ4v) is 2.49. The molecule has 9 nitrogen and oxygen atoms in total. The predicted molar refractivity (Wildman–Crippen MR) is 108 cm³/mol. The fraction of sp³-hybridized carbons (Fsp3) is 0.150. The number of amides is 2. The topological polar surface area (TPSA) is 146 Å². The van der Waals surface area contributed by atoms with Crippen LogP contribution in [0.2, 0.25) is 0 Å². The average molecular weight is 446 g/mol. The molecule has 1 aromatic carbocycles. The van der Waals surface area contributed by atoms with E-state index in [1.54, 1.807) is 0 Å². The number of nitrogens with one attached hydrogen (secondary N) is 1. The van der Waals surface area contributed by atoms with Gasteiger partial charge in [0.15, 0.2) is 5.82 Å². The molecule has 5 N–H and O–H groups in total. The number of hydrogen-bond donors (Lipinski definition) is 3. The van der Waals surface area contributed by atoms with Crippen LogP contribution in [0, 0.1) is 0 Å². The van der Waals surface area contributed by atoms with E-state index in [4.69, 9.17) is 16.2 Å². The van der Waals surface area contributed by atoms with Crippen molar-refractivity contribution in [3.8, 4) is 23.0 Å². The third kappa shape index (κ3) is 5.47. The Morgan fingerprint density at radius 1 is 1.03 bits per heavy atom. The summed E-state index contributed by atoms with van der Waals surface area (Å²) in [6.07, 6.45) is -4.59. The van der Waals surface area contributed by atoms with E-state index < -0.39 is 29.7 Å². The Bertz CT molecular complexity index is 1150. The van der Waals surface area contributed by atoms with Gasteiger partial charge in [-0.3, -0.25) is 9.59 Å². The summed E-state index contributed by atoms with van der Waals surface area (Å²) < 4.78 is 43.8. The van der Waals surface area contributed by atoms with Crippen molar-refractivity contribution in [2.75, 3.05) is 5.32 Å². The third-order valence-electron chi connectivity index (χ3n) is 4.12. The van der Waals surface area contributed by atoms with E-state index in [1.165, 1.54) is 49.4 Å². The summed E-state index contributed by atoms with van der Waals surface area (Å²) in [7, 11) is 0. The molecule has 12 heteroatoms. The molecule has 3 aromatic rings. The van der Waals surface area contributed by atoms with Gasteiger partial charge in [0, 0.05) is 17.7 Å². The molecule has 0 bridgehead atoms. The smallest absolute Gasteiger partial charge is 0.433 e. The Morgan fingerprint density at radius 3 is 2.31 bits per heavy atom. The van der Waals surface area contributed by atoms with Crippen LogP contribution >= 0.6 is 0 Å². The first-order valence-electron chi connectivity index (χ1n) is 9.10. The molecular formula is C20H17F3N6O3. The van der Waals surface area contributed by atoms with Gasteiger partial charge in [-0.2, -0.15) is 13.2 Å². The molecule has 0 aliphatic rings. The summed E-state index contributed by atoms with van der Waals surface area (Å²) in [5, 5.41) is 2.75. The number of anilines is 1. The number of nitrogens with zero attached hydrogens (tertiary/aromatic N) is 3. The predicted octanol–water partition coefficient (Wildman–Crippen LogP) is 2.73. The minimum atomic E-state index is -4.59. The lowest BCUT2D eigenvalue weighted by molar-refractivity contribution is -0.141. The van der Waals surface area contributed by atoms with Gasteiger partial charge in [0.25, 0.3) is 5.91 Å². The van der Waals surface area contributed by atoms with Gasteiger partial charge in [-0.05, 0) is 37.3 Å². The maximum atomic E-state index is 12.8. The van der Waals surface area contributed by atoms with Crippen molar-refractivity contribution >= 4 is 17.6 Å². The van der Waals surface area contributed by atoms with Gasteiger partial charge >= 0.3 is 6.18 Å². The van der Waals surface area contributed by atoms with Crippen LogP contribution in [-0.2, 0) is 11.0 Å². The van der Waals surface area contributed by atoms with Gasteiger partial charge in [-0.1, -0.05) is 6.07 Å². The minimum Gasteiger partial charge on any atom is -0.439 e. The van der Waals surface area contributed by atoms with Crippen molar-refractivity contribution in [3.63, 3.8) is 0 Å². The molecular weight excluding hydrogens is 429 g/mol. The standard InChI is InChI=1S/C20H17F3N6O3/c1-10(17(24)30)26-15-9-13(18(25)31)27-19(29-15)11-5-7-12(8-6-11)32-16-4-2-3-14(28-16)20(21,22)23/h2-10H,1H3,(H2,24,30)(H2,25,31)(H,26,27,29)/t10-/m0/s1. The molecule has 0 aliphatic carbocycles. The first-order valence-corrected chi connectivity index (χ1v) is 9.10. The van der Waals surface area contributed by atoms with Crippen LogP contribution in [0.5, 0.6) is 11.6 Å². The Kier molecular flexibility index (Phi) is 6.23. The number of hydrogen-bond acceptors (Lipinski definition) is 7. The van der Waals surface area contributed by atoms with Crippen molar-refractivity contribution in [2.45, 2.75) is 19.1 Å². The van der Waals surface area contributed by atoms with Gasteiger partial charge in [0.05, 0.1) is 0 Å². The Labute approximate surface area is 179 Å². The zero-order valence-electron chi connectivity index (χ0n) is 16.6. The number of alkyl halides is 3. The molecule has 2 heterocycles. The normalized spacial score (nSPS) is 12.1. The van der Waals surface area contributed by atoms with E-state index in [0.29, 0.717) is 5.56 Å². The molecule has 0 spiro atoms. The van der Waals surface area contributed by atoms with Crippen molar-refractivity contribution in [1.82, 2.24) is 15.0 Å². The largest absolute Gasteiger partial charge is 0.439 e. The van der Waals surface area contributed by atoms with Crippen LogP contribution in [0.15, 0.2) is 48.5 Å². The molecule has 0 radical (unpaired) electrons. The number of aromatic nitrogens is 3. The average Bonchev–Trinajstić information content (AvgIpc) is 2.73. The molecule has 0 saturated carbocycles. The van der Waals surface area contributed by atoms with E-state index in [-0.39, 0.29) is 29.0 Å². The van der Waals surface area contributed by atoms with Crippen LogP contribution in [-0.4, -0.2) is 32.8 Å². The van der Waals surface area contributed by atoms with Crippen molar-refractivity contribution in [3.05, 3.63) is 59.9 Å². The summed E-state index contributed by atoms with van der Waals surface area (Å²) >= 11 is 0. The summed E-state index contributed by atoms with van der Waals surface area (Å²) in [6, 6.07) is 9.83. The Morgan fingerprint density at radius 2 is 1.72 bits per heavy atom. The molecule has 32 heavy (non-hydrogen) atoms.